The van der Waals surface area contributed by atoms with Crippen LogP contribution in [0.25, 0.3) is 54.7 Å². The Balaban J connectivity index is 0.00000108. The van der Waals surface area contributed by atoms with Gasteiger partial charge in [0.1, 0.15) is 17.7 Å². The Labute approximate surface area is 378 Å². The number of hydrogen-bond donors (Lipinski definition) is 4. The molecule has 15 heteroatoms. The number of methoxy groups -OCH3 is 1. The lowest BCUT2D eigenvalue weighted by molar-refractivity contribution is -0.139. The van der Waals surface area contributed by atoms with Crippen molar-refractivity contribution >= 4 is 61.8 Å². The molecule has 0 saturated heterocycles. The van der Waals surface area contributed by atoms with E-state index in [1.54, 1.807) is 54.4 Å². The number of carbonyl (C=O) groups is 3. The molecule has 2 heterocycles. The van der Waals surface area contributed by atoms with Gasteiger partial charge < -0.3 is 29.8 Å². The molecule has 7 rings (SSSR count). The number of fused-ring (bicyclic) bond motifs is 6. The molecule has 0 radical (unpaired) electrons. The van der Waals surface area contributed by atoms with Crippen LogP contribution in [0.15, 0.2) is 91.0 Å². The Morgan fingerprint density at radius 1 is 0.754 bits per heavy atom. The summed E-state index contributed by atoms with van der Waals surface area (Å²) < 4.78 is 44.0. The maximum absolute atomic E-state index is 13.8. The molecular weight excluding hydrogens is 834 g/mol. The smallest absolute Gasteiger partial charge is 0.388 e. The lowest BCUT2D eigenvalue weighted by Gasteiger charge is -2.28. The second kappa shape index (κ2) is 24.9. The van der Waals surface area contributed by atoms with E-state index in [1.807, 2.05) is 50.2 Å². The van der Waals surface area contributed by atoms with Crippen LogP contribution in [0, 0.1) is 12.8 Å². The van der Waals surface area contributed by atoms with E-state index in [9.17, 15) is 27.6 Å². The highest BCUT2D eigenvalue weighted by atomic mass is 19.4. The van der Waals surface area contributed by atoms with Crippen LogP contribution in [0.3, 0.4) is 0 Å². The van der Waals surface area contributed by atoms with E-state index in [0.717, 1.165) is 61.2 Å². The molecule has 0 unspecified atom stereocenters. The van der Waals surface area contributed by atoms with E-state index < -0.39 is 24.7 Å². The number of hydrogen-bond acceptors (Lipinski definition) is 7. The predicted octanol–water partition coefficient (Wildman–Crippen LogP) is 9.46. The van der Waals surface area contributed by atoms with Gasteiger partial charge in [0, 0.05) is 38.1 Å². The van der Waals surface area contributed by atoms with Crippen LogP contribution in [0.5, 0.6) is 0 Å². The average Bonchev–Trinajstić information content (AvgIpc) is 3.93. The molecule has 12 nitrogen and oxygen atoms in total. The number of nitrogens with one attached hydrogen (secondary N) is 4. The number of halogens is 3. The van der Waals surface area contributed by atoms with Gasteiger partial charge in [-0.3, -0.25) is 19.7 Å². The minimum Gasteiger partial charge on any atom is -0.388 e. The Hall–Kier alpha value is -6.76. The first-order chi connectivity index (χ1) is 31.4. The Morgan fingerprint density at radius 2 is 1.23 bits per heavy atom. The van der Waals surface area contributed by atoms with Crippen LogP contribution in [0.4, 0.5) is 13.2 Å². The Bertz CT molecular complexity index is 2640. The van der Waals surface area contributed by atoms with Gasteiger partial charge in [0.05, 0.1) is 48.2 Å². The van der Waals surface area contributed by atoms with Crippen molar-refractivity contribution in [3.05, 3.63) is 108 Å². The fraction of sp³-hybridized carbons (Fsp3) is 0.340. The molecule has 0 aliphatic rings. The normalized spacial score (nSPS) is 11.4. The zero-order chi connectivity index (χ0) is 47.5. The summed E-state index contributed by atoms with van der Waals surface area (Å²) in [5.41, 5.74) is 5.69. The van der Waals surface area contributed by atoms with Gasteiger partial charge in [0.2, 0.25) is 18.2 Å². The molecule has 7 aromatic rings. The number of aromatic nitrogens is 4. The molecule has 0 fully saturated rings. The summed E-state index contributed by atoms with van der Waals surface area (Å²) in [7, 11) is 3.25. The zero-order valence-electron chi connectivity index (χ0n) is 37.9. The van der Waals surface area contributed by atoms with E-state index in [2.05, 4.69) is 76.3 Å². The summed E-state index contributed by atoms with van der Waals surface area (Å²) in [5.74, 6) is 0.564. The fourth-order valence-corrected chi connectivity index (χ4v) is 7.31. The van der Waals surface area contributed by atoms with E-state index in [0.29, 0.717) is 49.7 Å². The minimum absolute atomic E-state index is 0.0644. The van der Waals surface area contributed by atoms with Gasteiger partial charge in [-0.25, -0.2) is 9.97 Å². The van der Waals surface area contributed by atoms with Gasteiger partial charge >= 0.3 is 6.18 Å². The van der Waals surface area contributed by atoms with Crippen molar-refractivity contribution in [1.29, 1.82) is 0 Å². The van der Waals surface area contributed by atoms with Gasteiger partial charge in [-0.15, -0.1) is 12.8 Å². The number of imidazole rings is 2. The van der Waals surface area contributed by atoms with Crippen molar-refractivity contribution in [2.75, 3.05) is 40.4 Å². The molecule has 5 aromatic carbocycles. The van der Waals surface area contributed by atoms with Crippen molar-refractivity contribution in [2.24, 2.45) is 0 Å². The molecule has 2 aromatic heterocycles. The Morgan fingerprint density at radius 3 is 1.69 bits per heavy atom. The number of aromatic amines is 2. The number of rotatable bonds is 16. The number of terminal acetylenes is 1. The SMILES string of the molecule is C#C.CCC.CCCN(Cc1nc2c(ccc3cc(-c4ccc5c(ccc6[nH]c(CN(CCC)C(=O)[C@H](NCC(F)(F)F)c7ccccc7)nc65)c4)ccc32)[nH]1)C(=O)CNC=O.COC. The molecule has 0 bridgehead atoms. The quantitative estimate of drug-likeness (QED) is 0.0558. The minimum atomic E-state index is -4.48. The Kier molecular flexibility index (Phi) is 19.5. The van der Waals surface area contributed by atoms with Gasteiger partial charge in [0.25, 0.3) is 0 Å². The third kappa shape index (κ3) is 13.6. The second-order valence-corrected chi connectivity index (χ2v) is 15.2. The topological polar surface area (TPSA) is 148 Å². The first kappa shape index (κ1) is 50.9. The highest BCUT2D eigenvalue weighted by Crippen LogP contribution is 2.33. The first-order valence-corrected chi connectivity index (χ1v) is 21.5. The van der Waals surface area contributed by atoms with Crippen LogP contribution in [-0.4, -0.2) is 94.5 Å². The van der Waals surface area contributed by atoms with Crippen LogP contribution in [-0.2, 0) is 32.2 Å². The van der Waals surface area contributed by atoms with E-state index in [-0.39, 0.29) is 19.0 Å². The number of carbonyl (C=O) groups excluding carboxylic acids is 3. The predicted molar refractivity (Wildman–Crippen MR) is 254 cm³/mol. The summed E-state index contributed by atoms with van der Waals surface area (Å²) >= 11 is 0. The van der Waals surface area contributed by atoms with Crippen molar-refractivity contribution in [1.82, 2.24) is 40.4 Å². The molecule has 1 atom stereocenters. The third-order valence-electron chi connectivity index (χ3n) is 9.92. The summed E-state index contributed by atoms with van der Waals surface area (Å²) in [6.45, 7) is 8.09. The number of H-pyrrole nitrogens is 2. The monoisotopic (exact) mass is 892 g/mol. The first-order valence-electron chi connectivity index (χ1n) is 21.5. The summed E-state index contributed by atoms with van der Waals surface area (Å²) in [4.78, 5) is 56.9. The van der Waals surface area contributed by atoms with Crippen LogP contribution in [0.1, 0.15) is 70.2 Å². The molecule has 0 aliphatic carbocycles. The molecule has 4 N–H and O–H groups in total. The number of benzene rings is 5. The number of nitrogens with zero attached hydrogens (tertiary/aromatic N) is 4. The molecule has 344 valence electrons. The van der Waals surface area contributed by atoms with Gasteiger partial charge in [-0.2, -0.15) is 13.2 Å². The second-order valence-electron chi connectivity index (χ2n) is 15.2. The highest BCUT2D eigenvalue weighted by Gasteiger charge is 2.33. The van der Waals surface area contributed by atoms with Gasteiger partial charge in [-0.05, 0) is 64.6 Å². The van der Waals surface area contributed by atoms with Crippen molar-refractivity contribution in [2.45, 2.75) is 72.3 Å². The maximum atomic E-state index is 13.8. The van der Waals surface area contributed by atoms with Gasteiger partial charge in [0.15, 0.2) is 0 Å². The third-order valence-corrected chi connectivity index (χ3v) is 9.92. The van der Waals surface area contributed by atoms with E-state index >= 15 is 0 Å². The van der Waals surface area contributed by atoms with E-state index in [1.165, 1.54) is 6.42 Å². The molecule has 3 amide bonds. The fourth-order valence-electron chi connectivity index (χ4n) is 7.31. The largest absolute Gasteiger partial charge is 0.401 e. The van der Waals surface area contributed by atoms with Gasteiger partial charge in [-0.1, -0.05) is 101 Å². The lowest BCUT2D eigenvalue weighted by atomic mass is 9.98. The van der Waals surface area contributed by atoms with Crippen molar-refractivity contribution in [3.63, 3.8) is 0 Å². The van der Waals surface area contributed by atoms with Crippen LogP contribution >= 0.6 is 0 Å². The summed E-state index contributed by atoms with van der Waals surface area (Å²) in [6.07, 6.45) is 6.67. The number of ether oxygens (including phenoxy) is 1. The maximum Gasteiger partial charge on any atom is 0.401 e. The molecule has 0 spiro atoms. The average molecular weight is 893 g/mol. The number of amides is 3. The van der Waals surface area contributed by atoms with Crippen LogP contribution in [0.2, 0.25) is 0 Å². The lowest BCUT2D eigenvalue weighted by Crippen LogP contribution is -2.43. The molecule has 65 heavy (non-hydrogen) atoms. The summed E-state index contributed by atoms with van der Waals surface area (Å²) in [5, 5.41) is 8.76. The summed E-state index contributed by atoms with van der Waals surface area (Å²) in [6, 6.07) is 27.7. The molecule has 0 aliphatic heterocycles. The number of alkyl halides is 3. The van der Waals surface area contributed by atoms with E-state index in [4.69, 9.17) is 9.97 Å². The standard InChI is InChI=1S/C43H43F3N8O3.C3H8.C2H6O.C2H2/c1-3-18-53(38(56)22-47-26-55)23-36-49-34-16-12-30-20-28(10-14-32(30)40(34)51-36)29-11-15-33-31(21-29)13-17-35-41(33)52-37(50-35)24-54(19-4-2)42(57)39(48-25-43(44,45)46)27-8-6-5-7-9-27;2*1-3-2;1-2/h5-17,20-21,26,39,48H,3-4,18-19,22-25H2,1-2H3,(H,47,55)(H,49,51)(H,50,52);3H2,1-2H3;1-2H3;1-2H/t39-;;;/m1.../s1. The van der Waals surface area contributed by atoms with Crippen molar-refractivity contribution < 1.29 is 32.3 Å². The van der Waals surface area contributed by atoms with Crippen LogP contribution < -0.4 is 10.6 Å². The molecular formula is C50H59F3N8O4. The van der Waals surface area contributed by atoms with Crippen molar-refractivity contribution in [3.8, 4) is 24.0 Å². The zero-order valence-corrected chi connectivity index (χ0v) is 37.9. The highest BCUT2D eigenvalue weighted by molar-refractivity contribution is 6.07. The molecule has 0 saturated carbocycles.